The lowest BCUT2D eigenvalue weighted by Gasteiger charge is -2.23. The van der Waals surface area contributed by atoms with Gasteiger partial charge in [0.2, 0.25) is 0 Å². The Balaban J connectivity index is 3.18. The van der Waals surface area contributed by atoms with E-state index in [1.807, 2.05) is 27.8 Å². The number of carbonyl (C=O) groups is 1. The SMILES string of the molecule is CNCCCC[C@H](Nc1c([N+](=O)[O-])cccc1[N+](=O)[O-])C(=O)CC(C)(C)C. The summed E-state index contributed by atoms with van der Waals surface area (Å²) in [5.41, 5.74) is -1.29. The van der Waals surface area contributed by atoms with E-state index < -0.39 is 27.3 Å². The molecule has 0 bridgehead atoms. The Bertz CT molecular complexity index is 653. The minimum atomic E-state index is -0.721. The van der Waals surface area contributed by atoms with Crippen molar-refractivity contribution in [3.63, 3.8) is 0 Å². The van der Waals surface area contributed by atoms with Crippen LogP contribution in [0.5, 0.6) is 0 Å². The number of carbonyl (C=O) groups excluding carboxylic acids is 1. The largest absolute Gasteiger partial charge is 0.364 e. The smallest absolute Gasteiger partial charge is 0.299 e. The summed E-state index contributed by atoms with van der Waals surface area (Å²) in [6.07, 6.45) is 2.25. The zero-order valence-electron chi connectivity index (χ0n) is 16.3. The lowest BCUT2D eigenvalue weighted by Crippen LogP contribution is -2.33. The molecule has 0 heterocycles. The number of Topliss-reactive ketones (excluding diaryl/α,β-unsaturated/α-hetero) is 1. The van der Waals surface area contributed by atoms with Crippen LogP contribution in [0.2, 0.25) is 0 Å². The molecule has 0 spiro atoms. The summed E-state index contributed by atoms with van der Waals surface area (Å²) in [4.78, 5) is 34.1. The molecule has 0 saturated heterocycles. The molecule has 0 aromatic heterocycles. The van der Waals surface area contributed by atoms with Crippen LogP contribution in [0.15, 0.2) is 18.2 Å². The van der Waals surface area contributed by atoms with E-state index in [2.05, 4.69) is 10.6 Å². The van der Waals surface area contributed by atoms with Crippen molar-refractivity contribution >= 4 is 22.8 Å². The Hall–Kier alpha value is -2.55. The molecular formula is C18H28N4O5. The van der Waals surface area contributed by atoms with Gasteiger partial charge in [0.05, 0.1) is 15.9 Å². The summed E-state index contributed by atoms with van der Waals surface area (Å²) < 4.78 is 0. The van der Waals surface area contributed by atoms with Gasteiger partial charge in [-0.2, -0.15) is 0 Å². The van der Waals surface area contributed by atoms with Crippen molar-refractivity contribution in [3.05, 3.63) is 38.4 Å². The van der Waals surface area contributed by atoms with Gasteiger partial charge in [0.15, 0.2) is 11.5 Å². The summed E-state index contributed by atoms with van der Waals surface area (Å²) >= 11 is 0. The number of ketones is 1. The van der Waals surface area contributed by atoms with Crippen molar-refractivity contribution < 1.29 is 14.6 Å². The van der Waals surface area contributed by atoms with Crippen LogP contribution in [0.3, 0.4) is 0 Å². The maximum absolute atomic E-state index is 12.8. The van der Waals surface area contributed by atoms with E-state index in [4.69, 9.17) is 0 Å². The highest BCUT2D eigenvalue weighted by Crippen LogP contribution is 2.35. The van der Waals surface area contributed by atoms with Gasteiger partial charge in [0, 0.05) is 18.6 Å². The second-order valence-corrected chi connectivity index (χ2v) is 7.69. The molecule has 1 aromatic carbocycles. The summed E-state index contributed by atoms with van der Waals surface area (Å²) in [5.74, 6) is -0.112. The van der Waals surface area contributed by atoms with E-state index in [0.29, 0.717) is 12.8 Å². The molecule has 9 nitrogen and oxygen atoms in total. The van der Waals surface area contributed by atoms with Gasteiger partial charge in [-0.15, -0.1) is 0 Å². The third-order valence-corrected chi connectivity index (χ3v) is 4.00. The van der Waals surface area contributed by atoms with E-state index in [9.17, 15) is 25.0 Å². The predicted octanol–water partition coefficient (Wildman–Crippen LogP) is 3.68. The fraction of sp³-hybridized carbons (Fsp3) is 0.611. The molecule has 0 aliphatic heterocycles. The Morgan fingerprint density at radius 3 is 2.11 bits per heavy atom. The monoisotopic (exact) mass is 380 g/mol. The summed E-state index contributed by atoms with van der Waals surface area (Å²) in [5, 5.41) is 28.5. The van der Waals surface area contributed by atoms with Gasteiger partial charge in [-0.05, 0) is 44.3 Å². The number of para-hydroxylation sites is 1. The molecule has 0 radical (unpaired) electrons. The number of hydrogen-bond donors (Lipinski definition) is 2. The predicted molar refractivity (Wildman–Crippen MR) is 104 cm³/mol. The minimum Gasteiger partial charge on any atom is -0.364 e. The Labute approximate surface area is 158 Å². The molecule has 9 heteroatoms. The highest BCUT2D eigenvalue weighted by atomic mass is 16.6. The van der Waals surface area contributed by atoms with E-state index in [-0.39, 0.29) is 23.3 Å². The second kappa shape index (κ2) is 9.96. The van der Waals surface area contributed by atoms with Crippen molar-refractivity contribution in [1.29, 1.82) is 0 Å². The first-order valence-corrected chi connectivity index (χ1v) is 8.92. The van der Waals surface area contributed by atoms with Crippen molar-refractivity contribution in [2.75, 3.05) is 18.9 Å². The molecule has 0 aliphatic carbocycles. The van der Waals surface area contributed by atoms with E-state index >= 15 is 0 Å². The molecule has 27 heavy (non-hydrogen) atoms. The van der Waals surface area contributed by atoms with Crippen LogP contribution in [-0.2, 0) is 4.79 Å². The third kappa shape index (κ3) is 7.30. The van der Waals surface area contributed by atoms with E-state index in [1.165, 1.54) is 18.2 Å². The van der Waals surface area contributed by atoms with Crippen LogP contribution in [0, 0.1) is 25.6 Å². The van der Waals surface area contributed by atoms with Crippen LogP contribution in [-0.4, -0.2) is 35.3 Å². The van der Waals surface area contributed by atoms with Gasteiger partial charge < -0.3 is 10.6 Å². The molecule has 0 fully saturated rings. The van der Waals surface area contributed by atoms with Crippen molar-refractivity contribution in [1.82, 2.24) is 5.32 Å². The van der Waals surface area contributed by atoms with Crippen molar-refractivity contribution in [2.45, 2.75) is 52.5 Å². The first-order valence-electron chi connectivity index (χ1n) is 8.92. The second-order valence-electron chi connectivity index (χ2n) is 7.69. The zero-order chi connectivity index (χ0) is 20.6. The van der Waals surface area contributed by atoms with Crippen molar-refractivity contribution in [2.24, 2.45) is 5.41 Å². The number of nitrogens with one attached hydrogen (secondary N) is 2. The third-order valence-electron chi connectivity index (χ3n) is 4.00. The van der Waals surface area contributed by atoms with Crippen LogP contribution in [0.1, 0.15) is 46.5 Å². The molecule has 1 atom stereocenters. The molecule has 0 saturated carbocycles. The van der Waals surface area contributed by atoms with E-state index in [1.54, 1.807) is 0 Å². The van der Waals surface area contributed by atoms with Crippen LogP contribution in [0.25, 0.3) is 0 Å². The standard InChI is InChI=1S/C18H28N4O5/c1-18(2,3)12-16(23)13(8-5-6-11-19-4)20-17-14(21(24)25)9-7-10-15(17)22(26)27/h7,9-10,13,19-20H,5-6,8,11-12H2,1-4H3/t13-/m0/s1. The fourth-order valence-electron chi connectivity index (χ4n) is 2.76. The van der Waals surface area contributed by atoms with Gasteiger partial charge in [-0.25, -0.2) is 0 Å². The number of rotatable bonds is 11. The normalized spacial score (nSPS) is 12.4. The molecule has 150 valence electrons. The molecule has 1 rings (SSSR count). The summed E-state index contributed by atoms with van der Waals surface area (Å²) in [6, 6.07) is 2.93. The maximum Gasteiger partial charge on any atom is 0.299 e. The van der Waals surface area contributed by atoms with Gasteiger partial charge >= 0.3 is 0 Å². The van der Waals surface area contributed by atoms with Crippen molar-refractivity contribution in [3.8, 4) is 0 Å². The van der Waals surface area contributed by atoms with Gasteiger partial charge in [-0.3, -0.25) is 25.0 Å². The van der Waals surface area contributed by atoms with Crippen LogP contribution >= 0.6 is 0 Å². The minimum absolute atomic E-state index is 0.112. The van der Waals surface area contributed by atoms with Gasteiger partial charge in [0.25, 0.3) is 11.4 Å². The number of benzene rings is 1. The lowest BCUT2D eigenvalue weighted by molar-refractivity contribution is -0.392. The Morgan fingerprint density at radius 2 is 1.67 bits per heavy atom. The highest BCUT2D eigenvalue weighted by Gasteiger charge is 2.30. The molecular weight excluding hydrogens is 352 g/mol. The van der Waals surface area contributed by atoms with E-state index in [0.717, 1.165) is 13.0 Å². The number of hydrogen-bond acceptors (Lipinski definition) is 7. The van der Waals surface area contributed by atoms with Gasteiger partial charge in [0.1, 0.15) is 0 Å². The van der Waals surface area contributed by atoms with Gasteiger partial charge in [-0.1, -0.05) is 20.8 Å². The Kier molecular flexibility index (Phi) is 8.30. The lowest BCUT2D eigenvalue weighted by atomic mass is 9.86. The molecule has 2 N–H and O–H groups in total. The Morgan fingerprint density at radius 1 is 1.11 bits per heavy atom. The quantitative estimate of drug-likeness (QED) is 0.340. The van der Waals surface area contributed by atoms with Crippen LogP contribution < -0.4 is 10.6 Å². The molecule has 0 unspecified atom stereocenters. The fourth-order valence-corrected chi connectivity index (χ4v) is 2.76. The van der Waals surface area contributed by atoms with Crippen LogP contribution in [0.4, 0.5) is 17.1 Å². The number of anilines is 1. The highest BCUT2D eigenvalue weighted by molar-refractivity contribution is 5.89. The summed E-state index contributed by atoms with van der Waals surface area (Å²) in [6.45, 7) is 6.56. The zero-order valence-corrected chi connectivity index (χ0v) is 16.3. The maximum atomic E-state index is 12.8. The summed E-state index contributed by atoms with van der Waals surface area (Å²) in [7, 11) is 1.83. The number of nitro benzene ring substituents is 2. The first kappa shape index (κ1) is 22.5. The molecule has 1 aromatic rings. The number of unbranched alkanes of at least 4 members (excludes halogenated alkanes) is 1. The number of nitro groups is 2. The topological polar surface area (TPSA) is 127 Å². The average molecular weight is 380 g/mol. The molecule has 0 amide bonds. The average Bonchev–Trinajstić information content (AvgIpc) is 2.55. The number of nitrogens with zero attached hydrogens (tertiary/aromatic N) is 2. The molecule has 0 aliphatic rings. The first-order chi connectivity index (χ1) is 12.6.